The molecule has 2 aromatic heterocycles. The van der Waals surface area contributed by atoms with Crippen molar-refractivity contribution in [1.82, 2.24) is 14.6 Å². The van der Waals surface area contributed by atoms with Gasteiger partial charge in [-0.05, 0) is 50.3 Å². The first-order valence-corrected chi connectivity index (χ1v) is 11.9. The number of fused-ring (bicyclic) bond motifs is 1. The Kier molecular flexibility index (Phi) is 6.45. The van der Waals surface area contributed by atoms with Crippen molar-refractivity contribution in [3.8, 4) is 17.0 Å². The lowest BCUT2D eigenvalue weighted by Crippen LogP contribution is -2.47. The molecule has 192 valence electrons. The number of halogens is 3. The molecule has 3 aromatic rings. The van der Waals surface area contributed by atoms with E-state index < -0.39 is 18.3 Å². The summed E-state index contributed by atoms with van der Waals surface area (Å²) in [5, 5.41) is 13.9. The van der Waals surface area contributed by atoms with Crippen LogP contribution in [0.2, 0.25) is 0 Å². The van der Waals surface area contributed by atoms with Crippen LogP contribution in [0.1, 0.15) is 32.6 Å². The average Bonchev–Trinajstić information content (AvgIpc) is 3.18. The molecule has 3 heterocycles. The van der Waals surface area contributed by atoms with E-state index in [1.807, 2.05) is 0 Å². The number of aromatic nitrogens is 3. The second-order valence-electron chi connectivity index (χ2n) is 9.61. The molecule has 0 radical (unpaired) electrons. The van der Waals surface area contributed by atoms with E-state index in [9.17, 15) is 8.78 Å². The van der Waals surface area contributed by atoms with Crippen LogP contribution >= 0.6 is 0 Å². The normalized spacial score (nSPS) is 18.3. The molecular weight excluding hydrogens is 475 g/mol. The smallest absolute Gasteiger partial charge is 0.258 e. The number of hydrogen-bond acceptors (Lipinski definition) is 8. The largest absolute Gasteiger partial charge is 0.479 e. The van der Waals surface area contributed by atoms with Crippen molar-refractivity contribution in [1.29, 1.82) is 5.53 Å². The average molecular weight is 504 g/mol. The summed E-state index contributed by atoms with van der Waals surface area (Å²) in [5.74, 6) is -0.0632. The van der Waals surface area contributed by atoms with Crippen LogP contribution in [0.5, 0.6) is 5.88 Å². The minimum atomic E-state index is -2.63. The van der Waals surface area contributed by atoms with Crippen molar-refractivity contribution in [3.63, 3.8) is 0 Å². The molecule has 36 heavy (non-hydrogen) atoms. The molecule has 1 atom stereocenters. The number of ether oxygens (including phenoxy) is 2. The van der Waals surface area contributed by atoms with E-state index in [2.05, 4.69) is 25.8 Å². The molecule has 1 aliphatic heterocycles. The number of methoxy groups -OCH3 is 1. The van der Waals surface area contributed by atoms with Gasteiger partial charge in [-0.2, -0.15) is 10.1 Å². The third kappa shape index (κ3) is 4.45. The summed E-state index contributed by atoms with van der Waals surface area (Å²) in [4.78, 5) is 4.49. The number of benzene rings is 1. The zero-order valence-electron chi connectivity index (χ0n) is 20.0. The quantitative estimate of drug-likeness (QED) is 0.343. The summed E-state index contributed by atoms with van der Waals surface area (Å²) in [6, 6.07) is 3.53. The van der Waals surface area contributed by atoms with Crippen LogP contribution in [0, 0.1) is 16.8 Å². The van der Waals surface area contributed by atoms with Gasteiger partial charge < -0.3 is 20.1 Å². The van der Waals surface area contributed by atoms with Crippen LogP contribution in [-0.2, 0) is 4.74 Å². The summed E-state index contributed by atoms with van der Waals surface area (Å²) < 4.78 is 53.8. The predicted octanol–water partition coefficient (Wildman–Crippen LogP) is 5.64. The zero-order chi connectivity index (χ0) is 25.4. The third-order valence-electron chi connectivity index (χ3n) is 7.11. The molecule has 1 saturated carbocycles. The maximum absolute atomic E-state index is 15.3. The SMILES string of the molecule is COc1nc(NC2CCC3(CC2)COC3)nn2cc(F)c(-c3ccc(N=N)c(N[C@H](C)C(F)F)c3)c12. The lowest BCUT2D eigenvalue weighted by atomic mass is 9.71. The van der Waals surface area contributed by atoms with Crippen LogP contribution in [0.4, 0.5) is 30.5 Å². The standard InChI is InChI=1S/C24H28F3N7O2/c1-13(21(26)27)29-18-9-14(3-4-17(18)32-28)19-16(25)10-34-20(19)22(35-2)31-23(33-34)30-15-5-7-24(8-6-15)11-36-12-24/h3-4,9-10,13,15,21,28-29H,5-8,11-12H2,1-2H3,(H,30,33)/t13-/m1/s1. The van der Waals surface area contributed by atoms with Gasteiger partial charge in [-0.3, -0.25) is 0 Å². The van der Waals surface area contributed by atoms with Crippen LogP contribution in [0.25, 0.3) is 16.6 Å². The van der Waals surface area contributed by atoms with Crippen molar-refractivity contribution in [3.05, 3.63) is 30.2 Å². The summed E-state index contributed by atoms with van der Waals surface area (Å²) in [5.41, 5.74) is 8.87. The first-order chi connectivity index (χ1) is 17.3. The van der Waals surface area contributed by atoms with Gasteiger partial charge in [0.15, 0.2) is 5.82 Å². The maximum atomic E-state index is 15.3. The number of nitrogens with one attached hydrogen (secondary N) is 3. The lowest BCUT2D eigenvalue weighted by molar-refractivity contribution is -0.131. The molecule has 9 nitrogen and oxygen atoms in total. The molecule has 2 fully saturated rings. The fourth-order valence-electron chi connectivity index (χ4n) is 4.95. The Labute approximate surface area is 205 Å². The van der Waals surface area contributed by atoms with E-state index in [-0.39, 0.29) is 28.9 Å². The van der Waals surface area contributed by atoms with Gasteiger partial charge in [0.05, 0.1) is 43.8 Å². The number of anilines is 2. The third-order valence-corrected chi connectivity index (χ3v) is 7.11. The molecule has 2 aliphatic rings. The molecular formula is C24H28F3N7O2. The number of hydrogen-bond donors (Lipinski definition) is 3. The fourth-order valence-corrected chi connectivity index (χ4v) is 4.95. The maximum Gasteiger partial charge on any atom is 0.258 e. The monoisotopic (exact) mass is 503 g/mol. The highest BCUT2D eigenvalue weighted by Gasteiger charge is 2.41. The molecule has 3 N–H and O–H groups in total. The van der Waals surface area contributed by atoms with Gasteiger partial charge in [0.2, 0.25) is 11.8 Å². The first kappa shape index (κ1) is 24.3. The van der Waals surface area contributed by atoms with Gasteiger partial charge in [-0.1, -0.05) is 6.07 Å². The lowest BCUT2D eigenvalue weighted by Gasteiger charge is -2.46. The van der Waals surface area contributed by atoms with Crippen LogP contribution in [0.15, 0.2) is 29.5 Å². The molecule has 1 aliphatic carbocycles. The van der Waals surface area contributed by atoms with E-state index in [0.29, 0.717) is 22.4 Å². The molecule has 1 aromatic carbocycles. The molecule has 1 saturated heterocycles. The Morgan fingerprint density at radius 1 is 1.28 bits per heavy atom. The Morgan fingerprint density at radius 3 is 2.64 bits per heavy atom. The zero-order valence-corrected chi connectivity index (χ0v) is 20.0. The van der Waals surface area contributed by atoms with Gasteiger partial charge in [0, 0.05) is 11.5 Å². The van der Waals surface area contributed by atoms with Gasteiger partial charge in [0.1, 0.15) is 11.2 Å². The summed E-state index contributed by atoms with van der Waals surface area (Å²) in [6.07, 6.45) is 2.70. The number of nitrogens with zero attached hydrogens (tertiary/aromatic N) is 4. The van der Waals surface area contributed by atoms with Crippen molar-refractivity contribution < 1.29 is 22.6 Å². The fraction of sp³-hybridized carbons (Fsp3) is 0.500. The minimum Gasteiger partial charge on any atom is -0.479 e. The highest BCUT2D eigenvalue weighted by molar-refractivity contribution is 5.88. The van der Waals surface area contributed by atoms with Crippen molar-refractivity contribution in [2.24, 2.45) is 10.5 Å². The second kappa shape index (κ2) is 9.57. The van der Waals surface area contributed by atoms with Crippen molar-refractivity contribution in [2.45, 2.75) is 51.1 Å². The van der Waals surface area contributed by atoms with E-state index in [1.165, 1.54) is 36.9 Å². The van der Waals surface area contributed by atoms with Gasteiger partial charge >= 0.3 is 0 Å². The molecule has 0 bridgehead atoms. The molecule has 5 rings (SSSR count). The first-order valence-electron chi connectivity index (χ1n) is 11.9. The highest BCUT2D eigenvalue weighted by atomic mass is 19.3. The van der Waals surface area contributed by atoms with Crippen LogP contribution < -0.4 is 15.4 Å². The topological polar surface area (TPSA) is 109 Å². The predicted molar refractivity (Wildman–Crippen MR) is 128 cm³/mol. The molecule has 12 heteroatoms. The second-order valence-corrected chi connectivity index (χ2v) is 9.61. The molecule has 0 amide bonds. The van der Waals surface area contributed by atoms with Crippen molar-refractivity contribution in [2.75, 3.05) is 31.0 Å². The van der Waals surface area contributed by atoms with E-state index in [1.54, 1.807) is 6.07 Å². The van der Waals surface area contributed by atoms with E-state index in [0.717, 1.165) is 38.9 Å². The van der Waals surface area contributed by atoms with E-state index >= 15 is 4.39 Å². The highest BCUT2D eigenvalue weighted by Crippen LogP contribution is 2.43. The summed E-state index contributed by atoms with van der Waals surface area (Å²) >= 11 is 0. The van der Waals surface area contributed by atoms with Crippen molar-refractivity contribution >= 4 is 22.8 Å². The van der Waals surface area contributed by atoms with Crippen LogP contribution in [0.3, 0.4) is 0 Å². The Bertz CT molecular complexity index is 1270. The molecule has 1 spiro atoms. The van der Waals surface area contributed by atoms with Crippen LogP contribution in [-0.4, -0.2) is 53.4 Å². The van der Waals surface area contributed by atoms with Gasteiger partial charge in [-0.25, -0.2) is 23.2 Å². The Balaban J connectivity index is 1.46. The summed E-state index contributed by atoms with van der Waals surface area (Å²) in [7, 11) is 1.45. The number of alkyl halides is 2. The Morgan fingerprint density at radius 2 is 2.03 bits per heavy atom. The Hall–Kier alpha value is -3.41. The number of rotatable bonds is 8. The summed E-state index contributed by atoms with van der Waals surface area (Å²) in [6.45, 7) is 2.98. The van der Waals surface area contributed by atoms with Gasteiger partial charge in [-0.15, -0.1) is 5.10 Å². The molecule has 0 unspecified atom stereocenters. The minimum absolute atomic E-state index is 0.160. The van der Waals surface area contributed by atoms with Gasteiger partial charge in [0.25, 0.3) is 6.43 Å². The van der Waals surface area contributed by atoms with E-state index in [4.69, 9.17) is 15.0 Å².